The number of hydrogen-bond donors (Lipinski definition) is 1. The fourth-order valence-electron chi connectivity index (χ4n) is 3.56. The first kappa shape index (κ1) is 14.6. The molecule has 1 heterocycles. The maximum Gasteiger partial charge on any atom is 0.0521 e. The van der Waals surface area contributed by atoms with E-state index in [0.29, 0.717) is 0 Å². The van der Waals surface area contributed by atoms with Crippen molar-refractivity contribution in [3.05, 3.63) is 18.0 Å². The normalized spacial score (nSPS) is 27.6. The Balaban J connectivity index is 1.99. The Morgan fingerprint density at radius 1 is 1.32 bits per heavy atom. The van der Waals surface area contributed by atoms with Gasteiger partial charge in [-0.05, 0) is 63.1 Å². The Hall–Kier alpha value is -0.830. The first-order chi connectivity index (χ1) is 9.26. The number of nitrogens with one attached hydrogen (secondary N) is 1. The summed E-state index contributed by atoms with van der Waals surface area (Å²) in [5.74, 6) is 2.62. The lowest BCUT2D eigenvalue weighted by molar-refractivity contribution is 0.173. The Morgan fingerprint density at radius 3 is 2.79 bits per heavy atom. The molecule has 1 aliphatic rings. The highest BCUT2D eigenvalue weighted by Crippen LogP contribution is 2.37. The standard InChI is InChI=1S/C16H29N3/c1-4-13-6-7-15(11-17-3)16(8-13)9-14-10-18-19(5-2)12-14/h10,12-13,15-17H,4-9,11H2,1-3H3. The molecule has 0 aliphatic heterocycles. The van der Waals surface area contributed by atoms with E-state index in [1.807, 2.05) is 4.68 Å². The van der Waals surface area contributed by atoms with Crippen molar-refractivity contribution in [3.8, 4) is 0 Å². The van der Waals surface area contributed by atoms with Crippen molar-refractivity contribution in [2.75, 3.05) is 13.6 Å². The second-order valence-electron chi connectivity index (χ2n) is 6.07. The lowest BCUT2D eigenvalue weighted by Crippen LogP contribution is -2.32. The van der Waals surface area contributed by atoms with Crippen molar-refractivity contribution in [2.45, 2.75) is 52.5 Å². The van der Waals surface area contributed by atoms with Gasteiger partial charge < -0.3 is 5.32 Å². The van der Waals surface area contributed by atoms with Crippen LogP contribution in [-0.2, 0) is 13.0 Å². The SMILES string of the molecule is CCC1CCC(CNC)C(Cc2cnn(CC)c2)C1. The third-order valence-corrected chi connectivity index (χ3v) is 4.80. The summed E-state index contributed by atoms with van der Waals surface area (Å²) < 4.78 is 2.04. The predicted octanol–water partition coefficient (Wildman–Crippen LogP) is 3.11. The van der Waals surface area contributed by atoms with Gasteiger partial charge in [0.2, 0.25) is 0 Å². The summed E-state index contributed by atoms with van der Waals surface area (Å²) >= 11 is 0. The first-order valence-corrected chi connectivity index (χ1v) is 7.92. The lowest BCUT2D eigenvalue weighted by atomic mass is 9.71. The van der Waals surface area contributed by atoms with Crippen LogP contribution in [0, 0.1) is 17.8 Å². The molecule has 108 valence electrons. The minimum absolute atomic E-state index is 0.834. The molecule has 1 saturated carbocycles. The van der Waals surface area contributed by atoms with Crippen molar-refractivity contribution in [1.29, 1.82) is 0 Å². The van der Waals surface area contributed by atoms with Gasteiger partial charge in [-0.25, -0.2) is 0 Å². The van der Waals surface area contributed by atoms with Gasteiger partial charge in [0, 0.05) is 12.7 Å². The number of aromatic nitrogens is 2. The molecule has 2 rings (SSSR count). The summed E-state index contributed by atoms with van der Waals surface area (Å²) in [4.78, 5) is 0. The quantitative estimate of drug-likeness (QED) is 0.854. The molecule has 19 heavy (non-hydrogen) atoms. The minimum Gasteiger partial charge on any atom is -0.319 e. The van der Waals surface area contributed by atoms with E-state index in [4.69, 9.17) is 0 Å². The summed E-state index contributed by atoms with van der Waals surface area (Å²) in [6.45, 7) is 6.63. The molecule has 1 aromatic rings. The van der Waals surface area contributed by atoms with E-state index in [1.54, 1.807) is 0 Å². The van der Waals surface area contributed by atoms with Gasteiger partial charge in [0.1, 0.15) is 0 Å². The molecule has 1 aromatic heterocycles. The van der Waals surface area contributed by atoms with Gasteiger partial charge in [0.15, 0.2) is 0 Å². The fraction of sp³-hybridized carbons (Fsp3) is 0.812. The van der Waals surface area contributed by atoms with Gasteiger partial charge in [-0.2, -0.15) is 5.10 Å². The van der Waals surface area contributed by atoms with Crippen molar-refractivity contribution in [2.24, 2.45) is 17.8 Å². The van der Waals surface area contributed by atoms with Gasteiger partial charge in [0.25, 0.3) is 0 Å². The molecule has 3 heteroatoms. The molecule has 0 spiro atoms. The highest BCUT2D eigenvalue weighted by atomic mass is 15.3. The van der Waals surface area contributed by atoms with E-state index < -0.39 is 0 Å². The van der Waals surface area contributed by atoms with Crippen LogP contribution < -0.4 is 5.32 Å². The highest BCUT2D eigenvalue weighted by molar-refractivity contribution is 5.06. The molecular weight excluding hydrogens is 234 g/mol. The zero-order chi connectivity index (χ0) is 13.7. The average molecular weight is 263 g/mol. The fourth-order valence-corrected chi connectivity index (χ4v) is 3.56. The predicted molar refractivity (Wildman–Crippen MR) is 80.1 cm³/mol. The lowest BCUT2D eigenvalue weighted by Gasteiger charge is -2.36. The van der Waals surface area contributed by atoms with E-state index in [9.17, 15) is 0 Å². The Kier molecular flexibility index (Phi) is 5.44. The molecule has 3 atom stereocenters. The van der Waals surface area contributed by atoms with Crippen molar-refractivity contribution in [1.82, 2.24) is 15.1 Å². The van der Waals surface area contributed by atoms with E-state index >= 15 is 0 Å². The van der Waals surface area contributed by atoms with Gasteiger partial charge in [0.05, 0.1) is 6.20 Å². The van der Waals surface area contributed by atoms with Crippen LogP contribution in [0.2, 0.25) is 0 Å². The molecule has 1 fully saturated rings. The van der Waals surface area contributed by atoms with Crippen molar-refractivity contribution < 1.29 is 0 Å². The van der Waals surface area contributed by atoms with E-state index in [1.165, 1.54) is 44.2 Å². The topological polar surface area (TPSA) is 29.9 Å². The Morgan fingerprint density at radius 2 is 2.16 bits per heavy atom. The smallest absolute Gasteiger partial charge is 0.0521 e. The van der Waals surface area contributed by atoms with Crippen LogP contribution in [0.3, 0.4) is 0 Å². The van der Waals surface area contributed by atoms with Crippen LogP contribution in [0.5, 0.6) is 0 Å². The Bertz CT molecular complexity index is 372. The highest BCUT2D eigenvalue weighted by Gasteiger charge is 2.29. The van der Waals surface area contributed by atoms with Gasteiger partial charge in [-0.15, -0.1) is 0 Å². The zero-order valence-electron chi connectivity index (χ0n) is 12.7. The summed E-state index contributed by atoms with van der Waals surface area (Å²) in [5, 5.41) is 7.79. The minimum atomic E-state index is 0.834. The monoisotopic (exact) mass is 263 g/mol. The zero-order valence-corrected chi connectivity index (χ0v) is 12.7. The summed E-state index contributed by atoms with van der Waals surface area (Å²) in [5.41, 5.74) is 1.42. The van der Waals surface area contributed by atoms with E-state index in [-0.39, 0.29) is 0 Å². The molecule has 0 aromatic carbocycles. The molecular formula is C16H29N3. The van der Waals surface area contributed by atoms with Gasteiger partial charge in [-0.3, -0.25) is 4.68 Å². The number of rotatable bonds is 6. The first-order valence-electron chi connectivity index (χ1n) is 7.92. The van der Waals surface area contributed by atoms with Crippen molar-refractivity contribution >= 4 is 0 Å². The van der Waals surface area contributed by atoms with Gasteiger partial charge >= 0.3 is 0 Å². The summed E-state index contributed by atoms with van der Waals surface area (Å²) in [6, 6.07) is 0. The van der Waals surface area contributed by atoms with Crippen LogP contribution >= 0.6 is 0 Å². The molecule has 3 nitrogen and oxygen atoms in total. The van der Waals surface area contributed by atoms with Gasteiger partial charge in [-0.1, -0.05) is 19.8 Å². The number of hydrogen-bond acceptors (Lipinski definition) is 2. The van der Waals surface area contributed by atoms with E-state index in [2.05, 4.69) is 43.7 Å². The maximum absolute atomic E-state index is 4.41. The number of aryl methyl sites for hydroxylation is 1. The molecule has 0 bridgehead atoms. The Labute approximate surface area is 117 Å². The molecule has 1 aliphatic carbocycles. The summed E-state index contributed by atoms with van der Waals surface area (Å²) in [7, 11) is 2.08. The second-order valence-corrected chi connectivity index (χ2v) is 6.07. The van der Waals surface area contributed by atoms with Crippen LogP contribution in [0.15, 0.2) is 12.4 Å². The molecule has 3 unspecified atom stereocenters. The largest absolute Gasteiger partial charge is 0.319 e. The third kappa shape index (κ3) is 3.82. The van der Waals surface area contributed by atoms with Crippen LogP contribution in [-0.4, -0.2) is 23.4 Å². The van der Waals surface area contributed by atoms with E-state index in [0.717, 1.165) is 24.3 Å². The molecule has 0 amide bonds. The molecule has 0 saturated heterocycles. The van der Waals surface area contributed by atoms with Crippen LogP contribution in [0.4, 0.5) is 0 Å². The average Bonchev–Trinajstić information content (AvgIpc) is 2.88. The third-order valence-electron chi connectivity index (χ3n) is 4.80. The van der Waals surface area contributed by atoms with Crippen LogP contribution in [0.1, 0.15) is 45.1 Å². The molecule has 0 radical (unpaired) electrons. The second kappa shape index (κ2) is 7.09. The van der Waals surface area contributed by atoms with Crippen LogP contribution in [0.25, 0.3) is 0 Å². The summed E-state index contributed by atoms with van der Waals surface area (Å²) in [6.07, 6.45) is 11.1. The molecule has 1 N–H and O–H groups in total. The van der Waals surface area contributed by atoms with Crippen molar-refractivity contribution in [3.63, 3.8) is 0 Å². The number of nitrogens with zero attached hydrogens (tertiary/aromatic N) is 2. The maximum atomic E-state index is 4.41.